The number of amides is 1. The molecule has 4 rings (SSSR count). The van der Waals surface area contributed by atoms with Gasteiger partial charge in [0.15, 0.2) is 4.34 Å². The number of nitro benzene ring substituents is 1. The highest BCUT2D eigenvalue weighted by Crippen LogP contribution is 2.33. The minimum Gasteiger partial charge on any atom is -0.325 e. The summed E-state index contributed by atoms with van der Waals surface area (Å²) >= 11 is 4.52. The number of benzene rings is 2. The zero-order valence-electron chi connectivity index (χ0n) is 16.1. The van der Waals surface area contributed by atoms with Gasteiger partial charge in [0.1, 0.15) is 0 Å². The average molecular weight is 469 g/mol. The van der Waals surface area contributed by atoms with Gasteiger partial charge in [-0.2, -0.15) is 0 Å². The van der Waals surface area contributed by atoms with E-state index in [1.807, 2.05) is 36.4 Å². The number of hydrogen-bond donors (Lipinski definition) is 1. The van der Waals surface area contributed by atoms with Crippen molar-refractivity contribution < 1.29 is 9.72 Å². The van der Waals surface area contributed by atoms with Crippen LogP contribution in [0.1, 0.15) is 5.56 Å². The molecule has 1 amide bonds. The number of anilines is 1. The molecule has 4 aromatic rings. The molecule has 0 fully saturated rings. The Bertz CT molecular complexity index is 1210. The van der Waals surface area contributed by atoms with Crippen LogP contribution in [-0.2, 0) is 10.5 Å². The molecule has 0 spiro atoms. The van der Waals surface area contributed by atoms with Crippen molar-refractivity contribution in [2.45, 2.75) is 15.1 Å². The number of hydrogen-bond acceptors (Lipinski definition) is 8. The van der Waals surface area contributed by atoms with E-state index < -0.39 is 4.92 Å². The second-order valence-corrected chi connectivity index (χ2v) is 9.63. The van der Waals surface area contributed by atoms with Crippen molar-refractivity contribution in [2.24, 2.45) is 0 Å². The van der Waals surface area contributed by atoms with Crippen LogP contribution >= 0.6 is 34.9 Å². The van der Waals surface area contributed by atoms with Gasteiger partial charge in [-0.05, 0) is 35.9 Å². The normalized spacial score (nSPS) is 10.8. The maximum absolute atomic E-state index is 12.2. The number of pyridine rings is 1. The van der Waals surface area contributed by atoms with E-state index >= 15 is 0 Å². The molecule has 2 aromatic heterocycles. The van der Waals surface area contributed by atoms with Gasteiger partial charge in [0, 0.05) is 29.8 Å². The molecule has 0 bridgehead atoms. The maximum Gasteiger partial charge on any atom is 0.269 e. The topological polar surface area (TPSA) is 98.0 Å². The van der Waals surface area contributed by atoms with E-state index in [2.05, 4.69) is 15.3 Å². The Hall–Kier alpha value is -2.95. The first kappa shape index (κ1) is 21.3. The molecule has 2 aromatic carbocycles. The largest absolute Gasteiger partial charge is 0.325 e. The van der Waals surface area contributed by atoms with E-state index in [4.69, 9.17) is 0 Å². The number of carbonyl (C=O) groups is 1. The summed E-state index contributed by atoms with van der Waals surface area (Å²) < 4.78 is 1.89. The Balaban J connectivity index is 1.35. The van der Waals surface area contributed by atoms with Crippen LogP contribution in [0.5, 0.6) is 0 Å². The van der Waals surface area contributed by atoms with Crippen molar-refractivity contribution in [3.8, 4) is 0 Å². The van der Waals surface area contributed by atoms with Gasteiger partial charge in [-0.25, -0.2) is 9.97 Å². The molecular formula is C21H16N4O3S3. The Morgan fingerprint density at radius 1 is 1.10 bits per heavy atom. The van der Waals surface area contributed by atoms with Gasteiger partial charge in [0.25, 0.3) is 5.69 Å². The molecule has 7 nitrogen and oxygen atoms in total. The van der Waals surface area contributed by atoms with Crippen LogP contribution < -0.4 is 5.32 Å². The predicted octanol–water partition coefficient (Wildman–Crippen LogP) is 5.62. The summed E-state index contributed by atoms with van der Waals surface area (Å²) in [4.78, 5) is 31.4. The van der Waals surface area contributed by atoms with Gasteiger partial charge in [0.2, 0.25) is 5.91 Å². The number of fused-ring (bicyclic) bond motifs is 1. The predicted molar refractivity (Wildman–Crippen MR) is 126 cm³/mol. The molecule has 0 unspecified atom stereocenters. The lowest BCUT2D eigenvalue weighted by Crippen LogP contribution is -2.13. The quantitative estimate of drug-likeness (QED) is 0.203. The number of thioether (sulfide) groups is 2. The molecule has 0 atom stereocenters. The molecular weight excluding hydrogens is 452 g/mol. The third-order valence-corrected chi connectivity index (χ3v) is 7.33. The second kappa shape index (κ2) is 9.90. The molecule has 0 radical (unpaired) electrons. The molecule has 0 aliphatic rings. The number of nitrogens with one attached hydrogen (secondary N) is 1. The van der Waals surface area contributed by atoms with Crippen molar-refractivity contribution in [1.82, 2.24) is 9.97 Å². The lowest BCUT2D eigenvalue weighted by atomic mass is 10.2. The summed E-state index contributed by atoms with van der Waals surface area (Å²) in [7, 11) is 0. The van der Waals surface area contributed by atoms with Crippen LogP contribution in [0.15, 0.2) is 76.2 Å². The summed E-state index contributed by atoms with van der Waals surface area (Å²) in [6, 6.07) is 17.8. The first-order chi connectivity index (χ1) is 15.1. The fraction of sp³-hybridized carbons (Fsp3) is 0.0952. The first-order valence-corrected chi connectivity index (χ1v) is 12.0. The molecule has 0 saturated carbocycles. The molecule has 0 aliphatic heterocycles. The van der Waals surface area contributed by atoms with Crippen LogP contribution in [0.25, 0.3) is 10.2 Å². The van der Waals surface area contributed by atoms with Gasteiger partial charge in [-0.3, -0.25) is 14.9 Å². The van der Waals surface area contributed by atoms with Crippen molar-refractivity contribution in [3.63, 3.8) is 0 Å². The van der Waals surface area contributed by atoms with Crippen LogP contribution in [-0.4, -0.2) is 26.6 Å². The summed E-state index contributed by atoms with van der Waals surface area (Å²) in [5.41, 5.74) is 2.68. The summed E-state index contributed by atoms with van der Waals surface area (Å²) in [6.07, 6.45) is 1.70. The Labute approximate surface area is 190 Å². The highest BCUT2D eigenvalue weighted by atomic mass is 32.2. The number of non-ortho nitro benzene ring substituents is 1. The van der Waals surface area contributed by atoms with Crippen LogP contribution in [0.4, 0.5) is 11.4 Å². The van der Waals surface area contributed by atoms with Gasteiger partial charge < -0.3 is 5.32 Å². The summed E-state index contributed by atoms with van der Waals surface area (Å²) in [5, 5.41) is 14.5. The van der Waals surface area contributed by atoms with Crippen molar-refractivity contribution in [3.05, 3.63) is 82.5 Å². The van der Waals surface area contributed by atoms with Crippen molar-refractivity contribution >= 4 is 62.4 Å². The minimum absolute atomic E-state index is 0.0849. The maximum atomic E-state index is 12.2. The number of thiazole rings is 1. The average Bonchev–Trinajstić information content (AvgIpc) is 3.19. The molecule has 10 heteroatoms. The third-order valence-electron chi connectivity index (χ3n) is 4.15. The summed E-state index contributed by atoms with van der Waals surface area (Å²) in [5.74, 6) is 0.868. The smallest absolute Gasteiger partial charge is 0.269 e. The van der Waals surface area contributed by atoms with Gasteiger partial charge in [-0.15, -0.1) is 11.3 Å². The van der Waals surface area contributed by atoms with E-state index in [9.17, 15) is 14.9 Å². The van der Waals surface area contributed by atoms with E-state index in [0.29, 0.717) is 5.75 Å². The fourth-order valence-electron chi connectivity index (χ4n) is 2.67. The molecule has 1 N–H and O–H groups in total. The van der Waals surface area contributed by atoms with Gasteiger partial charge >= 0.3 is 0 Å². The van der Waals surface area contributed by atoms with E-state index in [1.165, 1.54) is 23.9 Å². The van der Waals surface area contributed by atoms with Crippen molar-refractivity contribution in [1.29, 1.82) is 0 Å². The summed E-state index contributed by atoms with van der Waals surface area (Å²) in [6.45, 7) is 0. The van der Waals surface area contributed by atoms with Crippen LogP contribution in [0.3, 0.4) is 0 Å². The monoisotopic (exact) mass is 468 g/mol. The van der Waals surface area contributed by atoms with E-state index in [-0.39, 0.29) is 17.3 Å². The molecule has 156 valence electrons. The Kier molecular flexibility index (Phi) is 6.80. The zero-order valence-corrected chi connectivity index (χ0v) is 18.5. The number of carbonyl (C=O) groups excluding carboxylic acids is 1. The number of nitro groups is 1. The van der Waals surface area contributed by atoms with Gasteiger partial charge in [-0.1, -0.05) is 41.7 Å². The molecule has 0 saturated heterocycles. The minimum atomic E-state index is -0.405. The lowest BCUT2D eigenvalue weighted by Gasteiger charge is -2.04. The second-order valence-electron chi connectivity index (χ2n) is 6.38. The molecule has 31 heavy (non-hydrogen) atoms. The fourth-order valence-corrected chi connectivity index (χ4v) is 5.40. The number of rotatable bonds is 8. The Morgan fingerprint density at radius 3 is 2.68 bits per heavy atom. The van der Waals surface area contributed by atoms with Crippen molar-refractivity contribution in [2.75, 3.05) is 11.1 Å². The highest BCUT2D eigenvalue weighted by Gasteiger charge is 2.09. The molecule has 0 aliphatic carbocycles. The highest BCUT2D eigenvalue weighted by molar-refractivity contribution is 8.00. The number of aromatic nitrogens is 2. The SMILES string of the molecule is O=C(CSc1ccccn1)Nc1ccc2nc(SCc3ccc([N+](=O)[O-])cc3)sc2c1. The van der Waals surface area contributed by atoms with Crippen LogP contribution in [0.2, 0.25) is 0 Å². The first-order valence-electron chi connectivity index (χ1n) is 9.17. The van der Waals surface area contributed by atoms with Crippen LogP contribution in [0, 0.1) is 10.1 Å². The van der Waals surface area contributed by atoms with E-state index in [1.54, 1.807) is 41.4 Å². The van der Waals surface area contributed by atoms with E-state index in [0.717, 1.165) is 30.8 Å². The zero-order chi connectivity index (χ0) is 21.6. The lowest BCUT2D eigenvalue weighted by molar-refractivity contribution is -0.384. The molecule has 2 heterocycles. The number of nitrogens with zero attached hydrogens (tertiary/aromatic N) is 3. The standard InChI is InChI=1S/C21H16N4O3S3/c26-19(13-29-20-3-1-2-10-22-20)23-15-6-9-17-18(11-15)31-21(24-17)30-12-14-4-7-16(8-5-14)25(27)28/h1-11H,12-13H2,(H,23,26). The van der Waals surface area contributed by atoms with Gasteiger partial charge in [0.05, 0.1) is 25.9 Å². The Morgan fingerprint density at radius 2 is 1.94 bits per heavy atom. The third kappa shape index (κ3) is 5.81.